The third kappa shape index (κ3) is 8.33. The van der Waals surface area contributed by atoms with Gasteiger partial charge in [0.1, 0.15) is 0 Å². The number of aliphatic hydroxyl groups excluding tert-OH is 1. The van der Waals surface area contributed by atoms with Crippen molar-refractivity contribution >= 4 is 41.3 Å². The zero-order chi connectivity index (χ0) is 22.1. The maximum atomic E-state index is 12.6. The van der Waals surface area contributed by atoms with Gasteiger partial charge in [0.05, 0.1) is 31.9 Å². The summed E-state index contributed by atoms with van der Waals surface area (Å²) < 4.78 is 48.3. The number of ether oxygens (including phenoxy) is 2. The molecule has 174 valence electrons. The van der Waals surface area contributed by atoms with Crippen molar-refractivity contribution in [1.82, 2.24) is 15.6 Å². The van der Waals surface area contributed by atoms with Gasteiger partial charge in [-0.15, -0.1) is 35.3 Å². The number of nitrogens with zero attached hydrogens (tertiary/aromatic N) is 2. The Kier molecular flexibility index (Phi) is 11.3. The van der Waals surface area contributed by atoms with Crippen LogP contribution in [0.3, 0.4) is 0 Å². The summed E-state index contributed by atoms with van der Waals surface area (Å²) in [5.41, 5.74) is -0.254. The lowest BCUT2D eigenvalue weighted by atomic mass is 10.1. The standard InChI is InChI=1S/C19H25F3N4O3S.HI/c1-4-23-18(24-8-7-17-26-16(11-30-17)19(20,21)22)25-10-13(27)12-5-6-14(28-2)15(9-12)29-3;/h5-6,9,11,13,27H,4,7-8,10H2,1-3H3,(H2,23,24,25);1H. The molecular formula is C19H26F3IN4O3S. The van der Waals surface area contributed by atoms with Crippen molar-refractivity contribution in [1.29, 1.82) is 0 Å². The number of methoxy groups -OCH3 is 2. The van der Waals surface area contributed by atoms with Crippen molar-refractivity contribution in [3.63, 3.8) is 0 Å². The highest BCUT2D eigenvalue weighted by atomic mass is 127. The minimum atomic E-state index is -4.43. The monoisotopic (exact) mass is 574 g/mol. The van der Waals surface area contributed by atoms with Crippen molar-refractivity contribution in [3.8, 4) is 11.5 Å². The first-order valence-electron chi connectivity index (χ1n) is 9.22. The van der Waals surface area contributed by atoms with Crippen molar-refractivity contribution in [2.75, 3.05) is 33.9 Å². The Morgan fingerprint density at radius 1 is 1.23 bits per heavy atom. The van der Waals surface area contributed by atoms with Crippen LogP contribution in [0.4, 0.5) is 13.2 Å². The fraction of sp³-hybridized carbons (Fsp3) is 0.474. The number of halogens is 4. The molecule has 0 aliphatic carbocycles. The number of alkyl halides is 3. The van der Waals surface area contributed by atoms with E-state index in [4.69, 9.17) is 9.47 Å². The van der Waals surface area contributed by atoms with E-state index < -0.39 is 18.0 Å². The number of thiazole rings is 1. The number of benzene rings is 1. The number of rotatable bonds is 9. The van der Waals surface area contributed by atoms with Gasteiger partial charge in [0.2, 0.25) is 0 Å². The summed E-state index contributed by atoms with van der Waals surface area (Å²) in [5.74, 6) is 1.51. The zero-order valence-electron chi connectivity index (χ0n) is 17.3. The van der Waals surface area contributed by atoms with Gasteiger partial charge in [0, 0.05) is 24.9 Å². The summed E-state index contributed by atoms with van der Waals surface area (Å²) >= 11 is 0.970. The van der Waals surface area contributed by atoms with Crippen molar-refractivity contribution in [3.05, 3.63) is 39.8 Å². The smallest absolute Gasteiger partial charge is 0.434 e. The molecule has 0 amide bonds. The van der Waals surface area contributed by atoms with Gasteiger partial charge in [-0.2, -0.15) is 13.2 Å². The van der Waals surface area contributed by atoms with E-state index in [0.717, 1.165) is 16.7 Å². The summed E-state index contributed by atoms with van der Waals surface area (Å²) in [7, 11) is 3.04. The maximum absolute atomic E-state index is 12.6. The zero-order valence-corrected chi connectivity index (χ0v) is 20.5. The van der Waals surface area contributed by atoms with Gasteiger partial charge in [-0.1, -0.05) is 6.07 Å². The number of hydrogen-bond donors (Lipinski definition) is 3. The SMILES string of the molecule is CCNC(=NCC(O)c1ccc(OC)c(OC)c1)NCCc1nc(C(F)(F)F)cs1.I. The van der Waals surface area contributed by atoms with Crippen LogP contribution in [0.25, 0.3) is 0 Å². The Labute approximate surface area is 200 Å². The molecule has 0 bridgehead atoms. The second-order valence-electron chi connectivity index (χ2n) is 6.15. The molecule has 31 heavy (non-hydrogen) atoms. The van der Waals surface area contributed by atoms with Crippen LogP contribution in [0.15, 0.2) is 28.6 Å². The predicted octanol–water partition coefficient (Wildman–Crippen LogP) is 3.63. The molecule has 1 aromatic heterocycles. The third-order valence-electron chi connectivity index (χ3n) is 4.03. The van der Waals surface area contributed by atoms with E-state index in [1.165, 1.54) is 14.2 Å². The Balaban J connectivity index is 0.00000480. The molecule has 1 unspecified atom stereocenters. The summed E-state index contributed by atoms with van der Waals surface area (Å²) in [6.07, 6.45) is -4.98. The van der Waals surface area contributed by atoms with Crippen molar-refractivity contribution in [2.24, 2.45) is 4.99 Å². The largest absolute Gasteiger partial charge is 0.493 e. The molecule has 0 aliphatic rings. The van der Waals surface area contributed by atoms with E-state index in [1.54, 1.807) is 18.2 Å². The fourth-order valence-corrected chi connectivity index (χ4v) is 3.33. The van der Waals surface area contributed by atoms with E-state index in [2.05, 4.69) is 20.6 Å². The van der Waals surface area contributed by atoms with E-state index >= 15 is 0 Å². The summed E-state index contributed by atoms with van der Waals surface area (Å²) in [4.78, 5) is 7.94. The van der Waals surface area contributed by atoms with Gasteiger partial charge < -0.3 is 25.2 Å². The number of hydrogen-bond acceptors (Lipinski definition) is 6. The highest BCUT2D eigenvalue weighted by Gasteiger charge is 2.33. The molecule has 3 N–H and O–H groups in total. The minimum Gasteiger partial charge on any atom is -0.493 e. The lowest BCUT2D eigenvalue weighted by Gasteiger charge is -2.14. The first kappa shape index (κ1) is 27.2. The predicted molar refractivity (Wildman–Crippen MR) is 125 cm³/mol. The van der Waals surface area contributed by atoms with Gasteiger partial charge in [-0.05, 0) is 24.6 Å². The number of guanidine groups is 1. The molecule has 0 fully saturated rings. The van der Waals surface area contributed by atoms with Gasteiger partial charge in [-0.3, -0.25) is 4.99 Å². The molecule has 0 radical (unpaired) electrons. The molecule has 0 spiro atoms. The Morgan fingerprint density at radius 3 is 2.52 bits per heavy atom. The number of aliphatic hydroxyl groups is 1. The van der Waals surface area contributed by atoms with E-state index in [9.17, 15) is 18.3 Å². The molecule has 1 atom stereocenters. The second kappa shape index (κ2) is 12.9. The maximum Gasteiger partial charge on any atom is 0.434 e. The highest BCUT2D eigenvalue weighted by Crippen LogP contribution is 2.31. The number of nitrogens with one attached hydrogen (secondary N) is 2. The molecule has 0 saturated carbocycles. The molecule has 2 aromatic rings. The molecule has 7 nitrogen and oxygen atoms in total. The summed E-state index contributed by atoms with van der Waals surface area (Å²) in [6.45, 7) is 2.91. The van der Waals surface area contributed by atoms with Crippen LogP contribution < -0.4 is 20.1 Å². The topological polar surface area (TPSA) is 88.0 Å². The van der Waals surface area contributed by atoms with Gasteiger partial charge in [0.15, 0.2) is 23.2 Å². The Morgan fingerprint density at radius 2 is 1.94 bits per heavy atom. The van der Waals surface area contributed by atoms with E-state index in [-0.39, 0.29) is 30.5 Å². The van der Waals surface area contributed by atoms with Crippen LogP contribution in [-0.2, 0) is 12.6 Å². The summed E-state index contributed by atoms with van der Waals surface area (Å²) in [6, 6.07) is 5.11. The average molecular weight is 574 g/mol. The quantitative estimate of drug-likeness (QED) is 0.241. The molecule has 1 aromatic carbocycles. The minimum absolute atomic E-state index is 0. The highest BCUT2D eigenvalue weighted by molar-refractivity contribution is 14.0. The van der Waals surface area contributed by atoms with Gasteiger partial charge >= 0.3 is 6.18 Å². The van der Waals surface area contributed by atoms with Crippen LogP contribution in [0.5, 0.6) is 11.5 Å². The van der Waals surface area contributed by atoms with Crippen LogP contribution in [-0.4, -0.2) is 49.9 Å². The Bertz CT molecular complexity index is 849. The van der Waals surface area contributed by atoms with Gasteiger partial charge in [-0.25, -0.2) is 4.98 Å². The lowest BCUT2D eigenvalue weighted by Crippen LogP contribution is -2.38. The normalized spacial score (nSPS) is 12.7. The second-order valence-corrected chi connectivity index (χ2v) is 7.09. The molecule has 1 heterocycles. The fourth-order valence-electron chi connectivity index (χ4n) is 2.53. The molecule has 2 rings (SSSR count). The third-order valence-corrected chi connectivity index (χ3v) is 4.94. The molecule has 12 heteroatoms. The van der Waals surface area contributed by atoms with Gasteiger partial charge in [0.25, 0.3) is 0 Å². The number of aliphatic imine (C=N–C) groups is 1. The number of aromatic nitrogens is 1. The molecule has 0 saturated heterocycles. The van der Waals surface area contributed by atoms with Crippen LogP contribution in [0, 0.1) is 0 Å². The average Bonchev–Trinajstić information content (AvgIpc) is 3.20. The molecular weight excluding hydrogens is 548 g/mol. The van der Waals surface area contributed by atoms with Crippen LogP contribution in [0.1, 0.15) is 29.3 Å². The Hall–Kier alpha value is -1.80. The van der Waals surface area contributed by atoms with E-state index in [1.807, 2.05) is 6.92 Å². The van der Waals surface area contributed by atoms with E-state index in [0.29, 0.717) is 47.5 Å². The first-order valence-corrected chi connectivity index (χ1v) is 10.1. The van der Waals surface area contributed by atoms with Crippen molar-refractivity contribution < 1.29 is 27.8 Å². The first-order chi connectivity index (χ1) is 14.3. The van der Waals surface area contributed by atoms with Crippen LogP contribution >= 0.6 is 35.3 Å². The molecule has 0 aliphatic heterocycles. The van der Waals surface area contributed by atoms with Crippen LogP contribution in [0.2, 0.25) is 0 Å². The van der Waals surface area contributed by atoms with Crippen molar-refractivity contribution in [2.45, 2.75) is 25.6 Å². The summed E-state index contributed by atoms with van der Waals surface area (Å²) in [5, 5.41) is 17.9. The lowest BCUT2D eigenvalue weighted by molar-refractivity contribution is -0.140.